The second-order valence-corrected chi connectivity index (χ2v) is 3.70. The molecule has 0 spiro atoms. The van der Waals surface area contributed by atoms with Crippen LogP contribution in [0.1, 0.15) is 6.04 Å². The zero-order chi connectivity index (χ0) is 9.42. The highest BCUT2D eigenvalue weighted by Crippen LogP contribution is 2.24. The number of rotatable bonds is 2. The molecule has 0 aliphatic carbocycles. The molecule has 6 nitrogen and oxygen atoms in total. The van der Waals surface area contributed by atoms with Crippen LogP contribution in [-0.2, 0) is 0 Å². The fourth-order valence-electron chi connectivity index (χ4n) is 1.13. The van der Waals surface area contributed by atoms with E-state index in [1.807, 2.05) is 0 Å². The number of nitrogens with one attached hydrogen (secondary N) is 1. The maximum Gasteiger partial charge on any atom is 0.404 e. The Morgan fingerprint density at radius 1 is 1.77 bits per heavy atom. The Labute approximate surface area is 82.2 Å². The molecule has 0 atom stereocenters. The SMILES string of the molecule is O=[N+]([O-])c1nn(C2CNC2)cc1Br. The molecule has 0 aromatic carbocycles. The average Bonchev–Trinajstić information content (AvgIpc) is 2.27. The van der Waals surface area contributed by atoms with Crippen LogP contribution in [0.3, 0.4) is 0 Å². The van der Waals surface area contributed by atoms with Crippen LogP contribution in [0, 0.1) is 10.1 Å². The van der Waals surface area contributed by atoms with E-state index in [0.29, 0.717) is 4.47 Å². The highest BCUT2D eigenvalue weighted by molar-refractivity contribution is 9.10. The van der Waals surface area contributed by atoms with E-state index < -0.39 is 4.92 Å². The summed E-state index contributed by atoms with van der Waals surface area (Å²) in [5.41, 5.74) is 0. The van der Waals surface area contributed by atoms with Gasteiger partial charge in [-0.1, -0.05) is 0 Å². The molecular weight excluding hydrogens is 240 g/mol. The number of nitro groups is 1. The van der Waals surface area contributed by atoms with Gasteiger partial charge >= 0.3 is 5.82 Å². The zero-order valence-electron chi connectivity index (χ0n) is 6.61. The molecule has 0 saturated carbocycles. The minimum absolute atomic E-state index is 0.119. The lowest BCUT2D eigenvalue weighted by Gasteiger charge is -2.24. The van der Waals surface area contributed by atoms with Gasteiger partial charge in [0.2, 0.25) is 0 Å². The third kappa shape index (κ3) is 1.44. The fourth-order valence-corrected chi connectivity index (χ4v) is 1.57. The van der Waals surface area contributed by atoms with Gasteiger partial charge in [0.15, 0.2) is 0 Å². The van der Waals surface area contributed by atoms with E-state index in [1.54, 1.807) is 10.9 Å². The van der Waals surface area contributed by atoms with Crippen LogP contribution in [0.15, 0.2) is 10.7 Å². The molecule has 1 aliphatic heterocycles. The van der Waals surface area contributed by atoms with Crippen molar-refractivity contribution in [2.45, 2.75) is 6.04 Å². The third-order valence-corrected chi connectivity index (χ3v) is 2.54. The number of halogens is 1. The van der Waals surface area contributed by atoms with Crippen molar-refractivity contribution >= 4 is 21.7 Å². The van der Waals surface area contributed by atoms with Crippen molar-refractivity contribution in [3.8, 4) is 0 Å². The number of aromatic nitrogens is 2. The molecule has 1 fully saturated rings. The van der Waals surface area contributed by atoms with Gasteiger partial charge in [0, 0.05) is 13.1 Å². The summed E-state index contributed by atoms with van der Waals surface area (Å²) in [4.78, 5) is 9.95. The largest absolute Gasteiger partial charge is 0.404 e. The van der Waals surface area contributed by atoms with Gasteiger partial charge in [0.25, 0.3) is 0 Å². The molecule has 2 heterocycles. The normalized spacial score (nSPS) is 17.0. The second kappa shape index (κ2) is 3.08. The number of hydrogen-bond acceptors (Lipinski definition) is 4. The van der Waals surface area contributed by atoms with Gasteiger partial charge < -0.3 is 15.4 Å². The Bertz CT molecular complexity index is 346. The van der Waals surface area contributed by atoms with Crippen molar-refractivity contribution < 1.29 is 4.92 Å². The molecule has 7 heteroatoms. The minimum atomic E-state index is -0.493. The summed E-state index contributed by atoms with van der Waals surface area (Å²) in [5.74, 6) is -0.119. The van der Waals surface area contributed by atoms with Crippen LogP contribution >= 0.6 is 15.9 Å². The lowest BCUT2D eigenvalue weighted by molar-refractivity contribution is -0.390. The second-order valence-electron chi connectivity index (χ2n) is 2.85. The molecule has 0 bridgehead atoms. The van der Waals surface area contributed by atoms with Gasteiger partial charge in [-0.2, -0.15) is 4.68 Å². The van der Waals surface area contributed by atoms with Gasteiger partial charge in [-0.05, 0) is 20.9 Å². The summed E-state index contributed by atoms with van der Waals surface area (Å²) >= 11 is 3.09. The molecular formula is C6H7BrN4O2. The van der Waals surface area contributed by atoms with Crippen LogP contribution in [0.5, 0.6) is 0 Å². The Morgan fingerprint density at radius 3 is 2.85 bits per heavy atom. The lowest BCUT2D eigenvalue weighted by Crippen LogP contribution is -2.43. The molecule has 1 aromatic heterocycles. The number of nitrogens with zero attached hydrogens (tertiary/aromatic N) is 3. The molecule has 1 saturated heterocycles. The predicted octanol–water partition coefficient (Wildman–Crippen LogP) is 0.698. The molecule has 13 heavy (non-hydrogen) atoms. The van der Waals surface area contributed by atoms with Crippen LogP contribution in [-0.4, -0.2) is 27.8 Å². The van der Waals surface area contributed by atoms with E-state index in [4.69, 9.17) is 0 Å². The number of hydrogen-bond donors (Lipinski definition) is 1. The van der Waals surface area contributed by atoms with Gasteiger partial charge in [-0.15, -0.1) is 0 Å². The molecule has 0 unspecified atom stereocenters. The molecule has 1 N–H and O–H groups in total. The molecule has 0 radical (unpaired) electrons. The fraction of sp³-hybridized carbons (Fsp3) is 0.500. The van der Waals surface area contributed by atoms with Crippen molar-refractivity contribution in [1.82, 2.24) is 15.1 Å². The third-order valence-electron chi connectivity index (χ3n) is 1.98. The molecule has 2 rings (SSSR count). The first-order valence-electron chi connectivity index (χ1n) is 3.78. The van der Waals surface area contributed by atoms with Crippen molar-refractivity contribution in [1.29, 1.82) is 0 Å². The van der Waals surface area contributed by atoms with E-state index in [9.17, 15) is 10.1 Å². The molecule has 70 valence electrons. The van der Waals surface area contributed by atoms with E-state index in [0.717, 1.165) is 13.1 Å². The van der Waals surface area contributed by atoms with Crippen LogP contribution in [0.25, 0.3) is 0 Å². The van der Waals surface area contributed by atoms with Gasteiger partial charge in [0.1, 0.15) is 4.47 Å². The quantitative estimate of drug-likeness (QED) is 0.616. The first-order valence-corrected chi connectivity index (χ1v) is 4.57. The summed E-state index contributed by atoms with van der Waals surface area (Å²) in [6.07, 6.45) is 1.64. The summed E-state index contributed by atoms with van der Waals surface area (Å²) in [6, 6.07) is 0.255. The van der Waals surface area contributed by atoms with Crippen LogP contribution < -0.4 is 5.32 Å². The van der Waals surface area contributed by atoms with E-state index in [2.05, 4.69) is 26.3 Å². The average molecular weight is 247 g/mol. The van der Waals surface area contributed by atoms with Crippen molar-refractivity contribution in [3.63, 3.8) is 0 Å². The Hall–Kier alpha value is -0.950. The highest BCUT2D eigenvalue weighted by atomic mass is 79.9. The topological polar surface area (TPSA) is 73.0 Å². The van der Waals surface area contributed by atoms with E-state index in [1.165, 1.54) is 0 Å². The van der Waals surface area contributed by atoms with Crippen LogP contribution in [0.4, 0.5) is 5.82 Å². The Morgan fingerprint density at radius 2 is 2.46 bits per heavy atom. The van der Waals surface area contributed by atoms with Crippen molar-refractivity contribution in [2.24, 2.45) is 0 Å². The van der Waals surface area contributed by atoms with Crippen LogP contribution in [0.2, 0.25) is 0 Å². The minimum Gasteiger partial charge on any atom is -0.358 e. The summed E-state index contributed by atoms with van der Waals surface area (Å²) < 4.78 is 2.06. The van der Waals surface area contributed by atoms with Crippen molar-refractivity contribution in [3.05, 3.63) is 20.8 Å². The standard InChI is InChI=1S/C6H7BrN4O2/c7-5-3-10(4-1-8-2-4)9-6(5)11(12)13/h3-4,8H,1-2H2. The first kappa shape index (κ1) is 8.64. The Kier molecular flexibility index (Phi) is 2.04. The molecule has 0 amide bonds. The predicted molar refractivity (Wildman–Crippen MR) is 48.5 cm³/mol. The Balaban J connectivity index is 2.28. The first-order chi connectivity index (χ1) is 6.18. The van der Waals surface area contributed by atoms with Crippen molar-refractivity contribution in [2.75, 3.05) is 13.1 Å². The van der Waals surface area contributed by atoms with Gasteiger partial charge in [0.05, 0.1) is 17.3 Å². The van der Waals surface area contributed by atoms with E-state index in [-0.39, 0.29) is 11.9 Å². The van der Waals surface area contributed by atoms with E-state index >= 15 is 0 Å². The maximum atomic E-state index is 10.4. The smallest absolute Gasteiger partial charge is 0.358 e. The zero-order valence-corrected chi connectivity index (χ0v) is 8.19. The van der Waals surface area contributed by atoms with Gasteiger partial charge in [-0.3, -0.25) is 0 Å². The lowest BCUT2D eigenvalue weighted by atomic mass is 10.2. The summed E-state index contributed by atoms with van der Waals surface area (Å²) in [5, 5.41) is 17.4. The molecule has 1 aliphatic rings. The highest BCUT2D eigenvalue weighted by Gasteiger charge is 2.27. The summed E-state index contributed by atoms with van der Waals surface area (Å²) in [6.45, 7) is 1.65. The van der Waals surface area contributed by atoms with Gasteiger partial charge in [-0.25, -0.2) is 0 Å². The molecule has 1 aromatic rings. The summed E-state index contributed by atoms with van der Waals surface area (Å²) in [7, 11) is 0. The monoisotopic (exact) mass is 246 g/mol. The maximum absolute atomic E-state index is 10.4.